The lowest BCUT2D eigenvalue weighted by molar-refractivity contribution is 0.162. The highest BCUT2D eigenvalue weighted by Crippen LogP contribution is 2.30. The van der Waals surface area contributed by atoms with Gasteiger partial charge in [-0.25, -0.2) is 0 Å². The van der Waals surface area contributed by atoms with Crippen molar-refractivity contribution in [2.24, 2.45) is 5.92 Å². The van der Waals surface area contributed by atoms with Crippen molar-refractivity contribution >= 4 is 23.2 Å². The first-order valence-electron chi connectivity index (χ1n) is 5.00. The van der Waals surface area contributed by atoms with Crippen molar-refractivity contribution in [1.29, 1.82) is 0 Å². The van der Waals surface area contributed by atoms with Crippen molar-refractivity contribution in [3.05, 3.63) is 33.8 Å². The summed E-state index contributed by atoms with van der Waals surface area (Å²) in [7, 11) is 1.72. The predicted molar refractivity (Wildman–Crippen MR) is 65.9 cm³/mol. The number of methoxy groups -OCH3 is 1. The number of benzene rings is 1. The number of hydrogen-bond donors (Lipinski definition) is 0. The molecular weight excluding hydrogens is 231 g/mol. The third-order valence-electron chi connectivity index (χ3n) is 2.52. The standard InChI is InChI=1S/C12H16Cl2O/c1-8(2)10(7-15-3)9-4-5-11(13)12(14)6-9/h4-6,8,10H,7H2,1-3H3/t10-/m0/s1. The van der Waals surface area contributed by atoms with Gasteiger partial charge in [-0.15, -0.1) is 0 Å². The van der Waals surface area contributed by atoms with Crippen LogP contribution in [0.3, 0.4) is 0 Å². The van der Waals surface area contributed by atoms with E-state index in [1.165, 1.54) is 5.56 Å². The Morgan fingerprint density at radius 3 is 2.33 bits per heavy atom. The summed E-state index contributed by atoms with van der Waals surface area (Å²) in [5.74, 6) is 0.881. The van der Waals surface area contributed by atoms with Crippen molar-refractivity contribution in [2.75, 3.05) is 13.7 Å². The number of halogens is 2. The van der Waals surface area contributed by atoms with Crippen molar-refractivity contribution in [3.63, 3.8) is 0 Å². The van der Waals surface area contributed by atoms with Crippen LogP contribution in [-0.4, -0.2) is 13.7 Å². The molecule has 1 rings (SSSR count). The van der Waals surface area contributed by atoms with E-state index >= 15 is 0 Å². The van der Waals surface area contributed by atoms with E-state index in [2.05, 4.69) is 13.8 Å². The van der Waals surface area contributed by atoms with Crippen molar-refractivity contribution in [3.8, 4) is 0 Å². The second-order valence-electron chi connectivity index (χ2n) is 3.98. The smallest absolute Gasteiger partial charge is 0.0595 e. The number of rotatable bonds is 4. The molecule has 0 aromatic heterocycles. The van der Waals surface area contributed by atoms with Gasteiger partial charge in [-0.3, -0.25) is 0 Å². The monoisotopic (exact) mass is 246 g/mol. The van der Waals surface area contributed by atoms with E-state index in [0.717, 1.165) is 0 Å². The summed E-state index contributed by atoms with van der Waals surface area (Å²) in [6, 6.07) is 5.77. The second-order valence-corrected chi connectivity index (χ2v) is 4.79. The van der Waals surface area contributed by atoms with Crippen molar-refractivity contribution < 1.29 is 4.74 Å². The van der Waals surface area contributed by atoms with Crippen LogP contribution in [-0.2, 0) is 4.74 Å². The first-order valence-corrected chi connectivity index (χ1v) is 5.75. The molecule has 0 aliphatic rings. The minimum atomic E-state index is 0.366. The van der Waals surface area contributed by atoms with Gasteiger partial charge in [0.25, 0.3) is 0 Å². The molecule has 1 atom stereocenters. The van der Waals surface area contributed by atoms with Gasteiger partial charge < -0.3 is 4.74 Å². The fraction of sp³-hybridized carbons (Fsp3) is 0.500. The van der Waals surface area contributed by atoms with Crippen LogP contribution in [0.5, 0.6) is 0 Å². The highest BCUT2D eigenvalue weighted by atomic mass is 35.5. The average Bonchev–Trinajstić information content (AvgIpc) is 2.18. The number of ether oxygens (including phenoxy) is 1. The van der Waals surface area contributed by atoms with Crippen LogP contribution in [0, 0.1) is 5.92 Å². The SMILES string of the molecule is COC[C@H](c1ccc(Cl)c(Cl)c1)C(C)C. The zero-order valence-electron chi connectivity index (χ0n) is 9.26. The van der Waals surface area contributed by atoms with Gasteiger partial charge in [-0.05, 0) is 23.6 Å². The van der Waals surface area contributed by atoms with E-state index in [-0.39, 0.29) is 0 Å². The van der Waals surface area contributed by atoms with Gasteiger partial charge >= 0.3 is 0 Å². The van der Waals surface area contributed by atoms with Gasteiger partial charge in [0.2, 0.25) is 0 Å². The summed E-state index contributed by atoms with van der Waals surface area (Å²) in [5, 5.41) is 1.20. The van der Waals surface area contributed by atoms with Crippen molar-refractivity contribution in [1.82, 2.24) is 0 Å². The predicted octanol–water partition coefficient (Wildman–Crippen LogP) is 4.38. The Hall–Kier alpha value is -0.240. The van der Waals surface area contributed by atoms with E-state index in [1.807, 2.05) is 18.2 Å². The quantitative estimate of drug-likeness (QED) is 0.767. The highest BCUT2D eigenvalue weighted by Gasteiger charge is 2.16. The third kappa shape index (κ3) is 3.37. The van der Waals surface area contributed by atoms with Crippen LogP contribution in [0.1, 0.15) is 25.3 Å². The Kier molecular flexibility index (Phi) is 4.91. The maximum atomic E-state index is 5.99. The summed E-state index contributed by atoms with van der Waals surface area (Å²) in [5.41, 5.74) is 1.18. The molecule has 0 radical (unpaired) electrons. The van der Waals surface area contributed by atoms with E-state index in [1.54, 1.807) is 7.11 Å². The molecule has 1 aromatic rings. The highest BCUT2D eigenvalue weighted by molar-refractivity contribution is 6.42. The summed E-state index contributed by atoms with van der Waals surface area (Å²) >= 11 is 11.9. The number of hydrogen-bond acceptors (Lipinski definition) is 1. The molecule has 0 aliphatic carbocycles. The van der Waals surface area contributed by atoms with Crippen molar-refractivity contribution in [2.45, 2.75) is 19.8 Å². The molecule has 0 unspecified atom stereocenters. The van der Waals surface area contributed by atoms with Gasteiger partial charge in [0.1, 0.15) is 0 Å². The zero-order valence-corrected chi connectivity index (χ0v) is 10.8. The Bertz CT molecular complexity index is 323. The van der Waals surface area contributed by atoms with E-state index in [0.29, 0.717) is 28.5 Å². The molecule has 3 heteroatoms. The molecular formula is C12H16Cl2O. The third-order valence-corrected chi connectivity index (χ3v) is 3.26. The molecule has 15 heavy (non-hydrogen) atoms. The Labute approximate surface area is 101 Å². The lowest BCUT2D eigenvalue weighted by Crippen LogP contribution is -2.12. The molecule has 1 aromatic carbocycles. The van der Waals surface area contributed by atoms with Crippen LogP contribution in [0.25, 0.3) is 0 Å². The molecule has 1 nitrogen and oxygen atoms in total. The molecule has 84 valence electrons. The molecule has 0 saturated carbocycles. The first kappa shape index (κ1) is 12.8. The van der Waals surface area contributed by atoms with E-state index in [4.69, 9.17) is 27.9 Å². The normalized spacial score (nSPS) is 13.2. The summed E-state index contributed by atoms with van der Waals surface area (Å²) in [6.45, 7) is 5.05. The van der Waals surface area contributed by atoms with E-state index in [9.17, 15) is 0 Å². The largest absolute Gasteiger partial charge is 0.384 e. The van der Waals surface area contributed by atoms with Gasteiger partial charge in [0, 0.05) is 13.0 Å². The Morgan fingerprint density at radius 1 is 1.20 bits per heavy atom. The molecule has 0 amide bonds. The zero-order chi connectivity index (χ0) is 11.4. The topological polar surface area (TPSA) is 9.23 Å². The molecule has 0 fully saturated rings. The maximum Gasteiger partial charge on any atom is 0.0595 e. The van der Waals surface area contributed by atoms with Crippen LogP contribution < -0.4 is 0 Å². The Balaban J connectivity index is 2.95. The second kappa shape index (κ2) is 5.74. The Morgan fingerprint density at radius 2 is 1.87 bits per heavy atom. The fourth-order valence-corrected chi connectivity index (χ4v) is 1.90. The molecule has 0 bridgehead atoms. The van der Waals surface area contributed by atoms with E-state index < -0.39 is 0 Å². The van der Waals surface area contributed by atoms with Gasteiger partial charge in [0.05, 0.1) is 16.7 Å². The van der Waals surface area contributed by atoms with Crippen LogP contribution in [0.2, 0.25) is 10.0 Å². The maximum absolute atomic E-state index is 5.99. The minimum absolute atomic E-state index is 0.366. The molecule has 0 aliphatic heterocycles. The van der Waals surface area contributed by atoms with Crippen LogP contribution >= 0.6 is 23.2 Å². The lowest BCUT2D eigenvalue weighted by Gasteiger charge is -2.20. The average molecular weight is 247 g/mol. The summed E-state index contributed by atoms with van der Waals surface area (Å²) < 4.78 is 5.21. The molecule has 0 N–H and O–H groups in total. The minimum Gasteiger partial charge on any atom is -0.384 e. The molecule has 0 spiro atoms. The summed E-state index contributed by atoms with van der Waals surface area (Å²) in [4.78, 5) is 0. The molecule has 0 heterocycles. The summed E-state index contributed by atoms with van der Waals surface area (Å²) in [6.07, 6.45) is 0. The van der Waals surface area contributed by atoms with Crippen LogP contribution in [0.15, 0.2) is 18.2 Å². The first-order chi connectivity index (χ1) is 7.06. The van der Waals surface area contributed by atoms with Crippen LogP contribution in [0.4, 0.5) is 0 Å². The van der Waals surface area contributed by atoms with Gasteiger partial charge in [0.15, 0.2) is 0 Å². The lowest BCUT2D eigenvalue weighted by atomic mass is 9.89. The molecule has 0 saturated heterocycles. The fourth-order valence-electron chi connectivity index (χ4n) is 1.60. The van der Waals surface area contributed by atoms with Gasteiger partial charge in [-0.1, -0.05) is 43.1 Å². The van der Waals surface area contributed by atoms with Gasteiger partial charge in [-0.2, -0.15) is 0 Å².